The highest BCUT2D eigenvalue weighted by Gasteiger charge is 2.30. The lowest BCUT2D eigenvalue weighted by Crippen LogP contribution is -2.05. The molecule has 1 aromatic carbocycles. The average Bonchev–Trinajstić information content (AvgIpc) is 2.84. The Hall–Kier alpha value is -2.02. The molecule has 0 amide bonds. The van der Waals surface area contributed by atoms with E-state index in [1.165, 1.54) is 12.1 Å². The molecule has 1 heterocycles. The summed E-state index contributed by atoms with van der Waals surface area (Å²) >= 11 is 0. The Morgan fingerprint density at radius 1 is 1.25 bits per heavy atom. The molecule has 2 rings (SSSR count). The van der Waals surface area contributed by atoms with Crippen molar-refractivity contribution in [2.24, 2.45) is 0 Å². The van der Waals surface area contributed by atoms with Gasteiger partial charge in [0, 0.05) is 12.6 Å². The maximum absolute atomic E-state index is 12.4. The predicted molar refractivity (Wildman–Crippen MR) is 65.0 cm³/mol. The van der Waals surface area contributed by atoms with Gasteiger partial charge in [0.2, 0.25) is 0 Å². The summed E-state index contributed by atoms with van der Waals surface area (Å²) in [4.78, 5) is 0. The summed E-state index contributed by atoms with van der Waals surface area (Å²) < 4.78 is 47.5. The lowest BCUT2D eigenvalue weighted by atomic mass is 10.2. The molecule has 0 aliphatic carbocycles. The fourth-order valence-corrected chi connectivity index (χ4v) is 1.58. The molecular weight excluding hydrogens is 273 g/mol. The van der Waals surface area contributed by atoms with E-state index >= 15 is 0 Å². The smallest absolute Gasteiger partial charge is 0.416 e. The normalized spacial score (nSPS) is 11.6. The van der Waals surface area contributed by atoms with Crippen LogP contribution in [0.4, 0.5) is 13.2 Å². The Balaban J connectivity index is 1.93. The van der Waals surface area contributed by atoms with Crippen LogP contribution in [0.3, 0.4) is 0 Å². The molecule has 4 nitrogen and oxygen atoms in total. The topological polar surface area (TPSA) is 47.3 Å². The average molecular weight is 286 g/mol. The van der Waals surface area contributed by atoms with Gasteiger partial charge in [-0.1, -0.05) is 5.16 Å². The molecule has 0 spiro atoms. The number of hydrogen-bond acceptors (Lipinski definition) is 4. The van der Waals surface area contributed by atoms with E-state index in [4.69, 9.17) is 9.26 Å². The van der Waals surface area contributed by atoms with Crippen molar-refractivity contribution in [3.63, 3.8) is 0 Å². The molecule has 0 saturated heterocycles. The quantitative estimate of drug-likeness (QED) is 0.918. The maximum Gasteiger partial charge on any atom is 0.416 e. The zero-order valence-corrected chi connectivity index (χ0v) is 10.7. The molecule has 7 heteroatoms. The molecule has 1 aromatic heterocycles. The second kappa shape index (κ2) is 5.96. The summed E-state index contributed by atoms with van der Waals surface area (Å²) in [5.74, 6) is 0.847. The molecule has 0 fully saturated rings. The second-order valence-corrected chi connectivity index (χ2v) is 4.13. The molecule has 1 N–H and O–H groups in total. The lowest BCUT2D eigenvalue weighted by Gasteiger charge is -2.08. The van der Waals surface area contributed by atoms with Crippen LogP contribution < -0.4 is 10.1 Å². The van der Waals surface area contributed by atoms with E-state index in [9.17, 15) is 13.2 Å². The first kappa shape index (κ1) is 14.4. The third-order valence-corrected chi connectivity index (χ3v) is 2.53. The van der Waals surface area contributed by atoms with E-state index in [-0.39, 0.29) is 6.61 Å². The summed E-state index contributed by atoms with van der Waals surface area (Å²) in [5.41, 5.74) is 0.0272. The van der Waals surface area contributed by atoms with Crippen LogP contribution in [0.25, 0.3) is 0 Å². The minimum Gasteiger partial charge on any atom is -0.486 e. The number of hydrogen-bond donors (Lipinski definition) is 1. The van der Waals surface area contributed by atoms with Gasteiger partial charge in [0.25, 0.3) is 0 Å². The SMILES string of the molecule is CNCc1cc(COc2ccc(C(F)(F)F)cc2)on1. The van der Waals surface area contributed by atoms with Crippen LogP contribution in [-0.4, -0.2) is 12.2 Å². The number of nitrogens with zero attached hydrogens (tertiary/aromatic N) is 1. The number of aromatic nitrogens is 1. The van der Waals surface area contributed by atoms with Gasteiger partial charge in [-0.05, 0) is 31.3 Å². The van der Waals surface area contributed by atoms with E-state index in [1.54, 1.807) is 13.1 Å². The van der Waals surface area contributed by atoms with Gasteiger partial charge in [-0.2, -0.15) is 13.2 Å². The van der Waals surface area contributed by atoms with Crippen LogP contribution in [-0.2, 0) is 19.3 Å². The predicted octanol–water partition coefficient (Wildman–Crippen LogP) is 2.99. The van der Waals surface area contributed by atoms with Gasteiger partial charge < -0.3 is 14.6 Å². The molecule has 108 valence electrons. The van der Waals surface area contributed by atoms with Crippen molar-refractivity contribution >= 4 is 0 Å². The first-order valence-corrected chi connectivity index (χ1v) is 5.88. The largest absolute Gasteiger partial charge is 0.486 e. The van der Waals surface area contributed by atoms with E-state index in [0.29, 0.717) is 18.1 Å². The summed E-state index contributed by atoms with van der Waals surface area (Å²) in [7, 11) is 1.78. The Labute approximate surface area is 113 Å². The van der Waals surface area contributed by atoms with Crippen molar-refractivity contribution in [3.05, 3.63) is 47.3 Å². The first-order chi connectivity index (χ1) is 9.49. The number of nitrogens with one attached hydrogen (secondary N) is 1. The minimum atomic E-state index is -4.34. The monoisotopic (exact) mass is 286 g/mol. The van der Waals surface area contributed by atoms with Crippen molar-refractivity contribution in [2.75, 3.05) is 7.05 Å². The Kier molecular flexibility index (Phi) is 4.29. The van der Waals surface area contributed by atoms with E-state index in [0.717, 1.165) is 17.8 Å². The van der Waals surface area contributed by atoms with Gasteiger partial charge in [0.15, 0.2) is 5.76 Å². The molecule has 0 atom stereocenters. The summed E-state index contributed by atoms with van der Waals surface area (Å²) in [6.45, 7) is 0.686. The van der Waals surface area contributed by atoms with Gasteiger partial charge in [-0.3, -0.25) is 0 Å². The fourth-order valence-electron chi connectivity index (χ4n) is 1.58. The number of halogens is 3. The molecule has 0 unspecified atom stereocenters. The van der Waals surface area contributed by atoms with Crippen LogP contribution >= 0.6 is 0 Å². The highest BCUT2D eigenvalue weighted by molar-refractivity contribution is 5.28. The van der Waals surface area contributed by atoms with Gasteiger partial charge in [-0.25, -0.2) is 0 Å². The maximum atomic E-state index is 12.4. The zero-order chi connectivity index (χ0) is 14.6. The molecule has 2 aromatic rings. The summed E-state index contributed by atoms with van der Waals surface area (Å²) in [6.07, 6.45) is -4.34. The molecule has 0 saturated carbocycles. The molecular formula is C13H13F3N2O2. The van der Waals surface area contributed by atoms with Crippen LogP contribution in [0, 0.1) is 0 Å². The summed E-state index contributed by atoms with van der Waals surface area (Å²) in [6, 6.07) is 6.21. The van der Waals surface area contributed by atoms with Crippen molar-refractivity contribution in [3.8, 4) is 5.75 Å². The first-order valence-electron chi connectivity index (χ1n) is 5.88. The molecule has 20 heavy (non-hydrogen) atoms. The van der Waals surface area contributed by atoms with Crippen LogP contribution in [0.5, 0.6) is 5.75 Å². The lowest BCUT2D eigenvalue weighted by molar-refractivity contribution is -0.137. The van der Waals surface area contributed by atoms with Crippen molar-refractivity contribution in [1.82, 2.24) is 10.5 Å². The molecule has 0 radical (unpaired) electrons. The molecule has 0 aliphatic rings. The van der Waals surface area contributed by atoms with Crippen molar-refractivity contribution in [1.29, 1.82) is 0 Å². The highest BCUT2D eigenvalue weighted by Crippen LogP contribution is 2.30. The van der Waals surface area contributed by atoms with Crippen LogP contribution in [0.15, 0.2) is 34.9 Å². The number of rotatable bonds is 5. The Morgan fingerprint density at radius 3 is 2.55 bits per heavy atom. The van der Waals surface area contributed by atoms with E-state index in [2.05, 4.69) is 10.5 Å². The number of ether oxygens (including phenoxy) is 1. The highest BCUT2D eigenvalue weighted by atomic mass is 19.4. The Bertz CT molecular complexity index is 549. The van der Waals surface area contributed by atoms with E-state index in [1.807, 2.05) is 0 Å². The van der Waals surface area contributed by atoms with Gasteiger partial charge in [0.1, 0.15) is 12.4 Å². The third-order valence-electron chi connectivity index (χ3n) is 2.53. The van der Waals surface area contributed by atoms with Crippen LogP contribution in [0.1, 0.15) is 17.0 Å². The minimum absolute atomic E-state index is 0.113. The summed E-state index contributed by atoms with van der Waals surface area (Å²) in [5, 5.41) is 6.72. The second-order valence-electron chi connectivity index (χ2n) is 4.13. The zero-order valence-electron chi connectivity index (χ0n) is 10.7. The number of alkyl halides is 3. The Morgan fingerprint density at radius 2 is 1.95 bits per heavy atom. The van der Waals surface area contributed by atoms with Gasteiger partial charge in [0.05, 0.1) is 11.3 Å². The van der Waals surface area contributed by atoms with Crippen molar-refractivity contribution < 1.29 is 22.4 Å². The molecule has 0 aliphatic heterocycles. The van der Waals surface area contributed by atoms with Gasteiger partial charge in [-0.15, -0.1) is 0 Å². The van der Waals surface area contributed by atoms with Crippen LogP contribution in [0.2, 0.25) is 0 Å². The fraction of sp³-hybridized carbons (Fsp3) is 0.308. The van der Waals surface area contributed by atoms with E-state index < -0.39 is 11.7 Å². The number of benzene rings is 1. The standard InChI is InChI=1S/C13H13F3N2O2/c1-17-7-10-6-12(20-18-10)8-19-11-4-2-9(3-5-11)13(14,15)16/h2-6,17H,7-8H2,1H3. The third kappa shape index (κ3) is 3.74. The van der Waals surface area contributed by atoms with Crippen molar-refractivity contribution in [2.45, 2.75) is 19.3 Å². The molecule has 0 bridgehead atoms. The van der Waals surface area contributed by atoms with Gasteiger partial charge >= 0.3 is 6.18 Å².